The fourth-order valence-corrected chi connectivity index (χ4v) is 4.06. The molecule has 0 unspecified atom stereocenters. The molecule has 2 aromatic heterocycles. The molecule has 0 spiro atoms. The van der Waals surface area contributed by atoms with E-state index in [1.165, 1.54) is 0 Å². The van der Waals surface area contributed by atoms with Gasteiger partial charge in [-0.1, -0.05) is 42.5 Å². The second-order valence-electron chi connectivity index (χ2n) is 7.84. The predicted molar refractivity (Wildman–Crippen MR) is 125 cm³/mol. The normalized spacial score (nSPS) is 15.8. The third-order valence-electron chi connectivity index (χ3n) is 5.69. The van der Waals surface area contributed by atoms with Crippen molar-refractivity contribution in [1.82, 2.24) is 19.7 Å². The summed E-state index contributed by atoms with van der Waals surface area (Å²) in [4.78, 5) is 9.50. The van der Waals surface area contributed by atoms with Crippen LogP contribution < -0.4 is 15.8 Å². The van der Waals surface area contributed by atoms with Crippen LogP contribution in [0.3, 0.4) is 0 Å². The van der Waals surface area contributed by atoms with Gasteiger partial charge in [-0.25, -0.2) is 9.67 Å². The van der Waals surface area contributed by atoms with Gasteiger partial charge in [-0.2, -0.15) is 4.98 Å². The van der Waals surface area contributed by atoms with Gasteiger partial charge in [0, 0.05) is 18.7 Å². The number of ether oxygens (including phenoxy) is 2. The second-order valence-corrected chi connectivity index (χ2v) is 7.84. The number of anilines is 2. The van der Waals surface area contributed by atoms with E-state index in [1.807, 2.05) is 54.6 Å². The molecule has 4 aromatic rings. The summed E-state index contributed by atoms with van der Waals surface area (Å²) in [6.45, 7) is 2.00. The summed E-state index contributed by atoms with van der Waals surface area (Å²) in [6.07, 6.45) is 2.29. The van der Waals surface area contributed by atoms with E-state index in [-0.39, 0.29) is 6.10 Å². The van der Waals surface area contributed by atoms with Crippen molar-refractivity contribution in [1.29, 1.82) is 0 Å². The van der Waals surface area contributed by atoms with Crippen molar-refractivity contribution in [2.75, 3.05) is 31.3 Å². The van der Waals surface area contributed by atoms with E-state index in [1.54, 1.807) is 11.8 Å². The van der Waals surface area contributed by atoms with Gasteiger partial charge in [-0.15, -0.1) is 5.10 Å². The zero-order valence-corrected chi connectivity index (χ0v) is 18.0. The van der Waals surface area contributed by atoms with Crippen molar-refractivity contribution in [3.05, 3.63) is 60.2 Å². The number of methoxy groups -OCH3 is 1. The Morgan fingerprint density at radius 3 is 2.72 bits per heavy atom. The number of fused-ring (bicyclic) bond motifs is 1. The molecule has 2 aromatic carbocycles. The third-order valence-corrected chi connectivity index (χ3v) is 5.69. The lowest BCUT2D eigenvalue weighted by Crippen LogP contribution is -2.19. The Hall–Kier alpha value is -3.65. The number of nitrogens with one attached hydrogen (secondary N) is 1. The molecule has 8 heteroatoms. The van der Waals surface area contributed by atoms with Crippen molar-refractivity contribution >= 4 is 22.8 Å². The highest BCUT2D eigenvalue weighted by atomic mass is 16.5. The lowest BCUT2D eigenvalue weighted by atomic mass is 10.1. The number of nitrogens with two attached hydrogens (primary N) is 1. The second kappa shape index (κ2) is 8.84. The highest BCUT2D eigenvalue weighted by molar-refractivity contribution is 6.00. The molecular formula is C24H26N6O2. The van der Waals surface area contributed by atoms with Crippen LogP contribution >= 0.6 is 0 Å². The molecule has 0 radical (unpaired) electrons. The van der Waals surface area contributed by atoms with Crippen LogP contribution in [-0.4, -0.2) is 46.1 Å². The first-order chi connectivity index (χ1) is 15.7. The first-order valence-electron chi connectivity index (χ1n) is 10.8. The number of hydrogen-bond acceptors (Lipinski definition) is 7. The monoisotopic (exact) mass is 430 g/mol. The Balaban J connectivity index is 1.60. The van der Waals surface area contributed by atoms with Crippen molar-refractivity contribution in [2.45, 2.75) is 25.5 Å². The van der Waals surface area contributed by atoms with E-state index in [0.717, 1.165) is 30.6 Å². The van der Waals surface area contributed by atoms with Gasteiger partial charge in [0.2, 0.25) is 5.95 Å². The summed E-state index contributed by atoms with van der Waals surface area (Å²) in [6, 6.07) is 17.9. The highest BCUT2D eigenvalue weighted by Crippen LogP contribution is 2.36. The van der Waals surface area contributed by atoms with Gasteiger partial charge in [-0.3, -0.25) is 0 Å². The largest absolute Gasteiger partial charge is 0.496 e. The Morgan fingerprint density at radius 1 is 1.12 bits per heavy atom. The van der Waals surface area contributed by atoms with E-state index < -0.39 is 0 Å². The van der Waals surface area contributed by atoms with Crippen LogP contribution in [0.1, 0.15) is 18.4 Å². The van der Waals surface area contributed by atoms with Gasteiger partial charge in [0.05, 0.1) is 30.8 Å². The predicted octanol–water partition coefficient (Wildman–Crippen LogP) is 3.72. The quantitative estimate of drug-likeness (QED) is 0.461. The SMILES string of the molecule is COc1ccccc1-c1nc(NC[C@H]2CCCO2)nc2nn(Cc3ccccc3)c(N)c12. The van der Waals surface area contributed by atoms with Gasteiger partial charge < -0.3 is 20.5 Å². The number of hydrogen-bond donors (Lipinski definition) is 2. The minimum absolute atomic E-state index is 0.171. The summed E-state index contributed by atoms with van der Waals surface area (Å²) in [5.74, 6) is 1.74. The zero-order valence-electron chi connectivity index (χ0n) is 18.0. The Labute approximate surface area is 186 Å². The molecule has 1 saturated heterocycles. The molecule has 1 fully saturated rings. The van der Waals surface area contributed by atoms with Crippen molar-refractivity contribution in [3.63, 3.8) is 0 Å². The van der Waals surface area contributed by atoms with E-state index in [4.69, 9.17) is 25.3 Å². The Morgan fingerprint density at radius 2 is 1.94 bits per heavy atom. The molecule has 8 nitrogen and oxygen atoms in total. The van der Waals surface area contributed by atoms with Crippen LogP contribution in [0.4, 0.5) is 11.8 Å². The molecule has 5 rings (SSSR count). The van der Waals surface area contributed by atoms with Gasteiger partial charge in [-0.05, 0) is 30.5 Å². The van der Waals surface area contributed by atoms with Crippen molar-refractivity contribution < 1.29 is 9.47 Å². The van der Waals surface area contributed by atoms with Gasteiger partial charge in [0.25, 0.3) is 0 Å². The minimum atomic E-state index is 0.171. The fourth-order valence-electron chi connectivity index (χ4n) is 4.06. The molecule has 0 bridgehead atoms. The maximum Gasteiger partial charge on any atom is 0.225 e. The Bertz CT molecular complexity index is 1220. The maximum atomic E-state index is 6.58. The van der Waals surface area contributed by atoms with Crippen LogP contribution in [0.15, 0.2) is 54.6 Å². The van der Waals surface area contributed by atoms with Crippen LogP contribution in [-0.2, 0) is 11.3 Å². The molecule has 32 heavy (non-hydrogen) atoms. The first kappa shape index (κ1) is 20.3. The van der Waals surface area contributed by atoms with Crippen LogP contribution in [0.5, 0.6) is 5.75 Å². The van der Waals surface area contributed by atoms with Crippen LogP contribution in [0.25, 0.3) is 22.3 Å². The number of para-hydroxylation sites is 1. The fraction of sp³-hybridized carbons (Fsp3) is 0.292. The topological polar surface area (TPSA) is 100 Å². The first-order valence-corrected chi connectivity index (χ1v) is 10.8. The standard InChI is InChI=1S/C24H26N6O2/c1-31-19-12-6-5-11-18(19)21-20-22(25)30(15-16-8-3-2-4-9-16)29-23(20)28-24(27-21)26-14-17-10-7-13-32-17/h2-6,8-9,11-12,17H,7,10,13-15,25H2,1H3,(H,26,28,29)/t17-/m1/s1. The lowest BCUT2D eigenvalue weighted by molar-refractivity contribution is 0.120. The highest BCUT2D eigenvalue weighted by Gasteiger charge is 2.21. The summed E-state index contributed by atoms with van der Waals surface area (Å²) < 4.78 is 13.1. The van der Waals surface area contributed by atoms with Crippen molar-refractivity contribution in [2.24, 2.45) is 0 Å². The molecule has 0 saturated carbocycles. The number of nitrogen functional groups attached to an aromatic ring is 1. The number of aromatic nitrogens is 4. The number of benzene rings is 2. The molecule has 0 amide bonds. The molecule has 1 atom stereocenters. The molecule has 3 N–H and O–H groups in total. The molecule has 164 valence electrons. The van der Waals surface area contributed by atoms with Gasteiger partial charge in [0.1, 0.15) is 11.6 Å². The minimum Gasteiger partial charge on any atom is -0.496 e. The number of nitrogens with zero attached hydrogens (tertiary/aromatic N) is 4. The Kier molecular flexibility index (Phi) is 5.60. The molecule has 1 aliphatic rings. The van der Waals surface area contributed by atoms with Crippen molar-refractivity contribution in [3.8, 4) is 17.0 Å². The summed E-state index contributed by atoms with van der Waals surface area (Å²) >= 11 is 0. The summed E-state index contributed by atoms with van der Waals surface area (Å²) in [5.41, 5.74) is 9.77. The zero-order chi connectivity index (χ0) is 21.9. The van der Waals surface area contributed by atoms with Crippen LogP contribution in [0, 0.1) is 0 Å². The lowest BCUT2D eigenvalue weighted by Gasteiger charge is -2.13. The molecule has 0 aliphatic carbocycles. The third kappa shape index (κ3) is 3.97. The molecule has 3 heterocycles. The number of rotatable bonds is 7. The van der Waals surface area contributed by atoms with E-state index in [0.29, 0.717) is 47.3 Å². The smallest absolute Gasteiger partial charge is 0.225 e. The van der Waals surface area contributed by atoms with Crippen LogP contribution in [0.2, 0.25) is 0 Å². The summed E-state index contributed by atoms with van der Waals surface area (Å²) in [5, 5.41) is 8.76. The van der Waals surface area contributed by atoms with Gasteiger partial charge >= 0.3 is 0 Å². The van der Waals surface area contributed by atoms with E-state index in [2.05, 4.69) is 10.3 Å². The van der Waals surface area contributed by atoms with Gasteiger partial charge in [0.15, 0.2) is 5.65 Å². The molecular weight excluding hydrogens is 404 g/mol. The summed E-state index contributed by atoms with van der Waals surface area (Å²) in [7, 11) is 1.65. The maximum absolute atomic E-state index is 6.58. The average Bonchev–Trinajstić information content (AvgIpc) is 3.46. The average molecular weight is 431 g/mol. The van der Waals surface area contributed by atoms with E-state index in [9.17, 15) is 0 Å². The molecule has 1 aliphatic heterocycles. The van der Waals surface area contributed by atoms with E-state index >= 15 is 0 Å².